The second-order valence-corrected chi connectivity index (χ2v) is 18.3. The Morgan fingerprint density at radius 2 is 1.98 bits per heavy atom. The van der Waals surface area contributed by atoms with Gasteiger partial charge in [0.05, 0.1) is 33.9 Å². The van der Waals surface area contributed by atoms with Gasteiger partial charge in [0, 0.05) is 26.9 Å². The summed E-state index contributed by atoms with van der Waals surface area (Å²) in [6, 6.07) is 4.42. The maximum atomic E-state index is 14.1. The summed E-state index contributed by atoms with van der Waals surface area (Å²) in [5.41, 5.74) is -5.08. The van der Waals surface area contributed by atoms with Crippen molar-refractivity contribution in [1.29, 1.82) is 0 Å². The van der Waals surface area contributed by atoms with E-state index >= 15 is 0 Å². The number of halogens is 5. The summed E-state index contributed by atoms with van der Waals surface area (Å²) in [4.78, 5) is 25.8. The fourth-order valence-electron chi connectivity index (χ4n) is 5.04. The molecule has 2 N–H and O–H groups in total. The highest BCUT2D eigenvalue weighted by molar-refractivity contribution is 9.10. The maximum Gasteiger partial charge on any atom is 0.423 e. The van der Waals surface area contributed by atoms with Gasteiger partial charge in [-0.15, -0.1) is 0 Å². The zero-order valence-corrected chi connectivity index (χ0v) is 25.6. The highest BCUT2D eigenvalue weighted by atomic mass is 79.9. The van der Waals surface area contributed by atoms with E-state index in [0.29, 0.717) is 35.9 Å². The summed E-state index contributed by atoms with van der Waals surface area (Å²) in [5.74, 6) is -0.595. The third-order valence-corrected chi connectivity index (χ3v) is 9.51. The molecule has 0 bridgehead atoms. The summed E-state index contributed by atoms with van der Waals surface area (Å²) in [7, 11) is -1.42. The van der Waals surface area contributed by atoms with Crippen molar-refractivity contribution in [2.75, 3.05) is 11.9 Å². The number of alkyl halides is 3. The van der Waals surface area contributed by atoms with E-state index in [1.165, 1.54) is 16.8 Å². The number of pyridine rings is 1. The average Bonchev–Trinajstić information content (AvgIpc) is 2.84. The molecule has 1 aromatic carbocycles. The van der Waals surface area contributed by atoms with Gasteiger partial charge in [0.1, 0.15) is 18.1 Å². The molecule has 1 saturated carbocycles. The molecule has 1 aliphatic carbocycles. The fourth-order valence-corrected chi connectivity index (χ4v) is 6.16. The zero-order chi connectivity index (χ0) is 30.2. The Balaban J connectivity index is 1.52. The summed E-state index contributed by atoms with van der Waals surface area (Å²) in [5, 5.41) is 18.7. The first-order valence-electron chi connectivity index (χ1n) is 13.3. The molecule has 1 aliphatic rings. The van der Waals surface area contributed by atoms with Crippen molar-refractivity contribution in [2.24, 2.45) is 0 Å². The van der Waals surface area contributed by atoms with Crippen LogP contribution in [0.2, 0.25) is 25.7 Å². The van der Waals surface area contributed by atoms with E-state index in [9.17, 15) is 32.3 Å². The topological polar surface area (TPSA) is 98.4 Å². The predicted octanol–water partition coefficient (Wildman–Crippen LogP) is 5.58. The smallest absolute Gasteiger partial charge is 0.388 e. The van der Waals surface area contributed by atoms with Crippen LogP contribution in [0, 0.1) is 5.82 Å². The van der Waals surface area contributed by atoms with Crippen LogP contribution in [0.1, 0.15) is 31.2 Å². The molecule has 0 amide bonds. The van der Waals surface area contributed by atoms with Crippen molar-refractivity contribution in [3.8, 4) is 0 Å². The van der Waals surface area contributed by atoms with Gasteiger partial charge in [-0.25, -0.2) is 9.07 Å². The Hall–Kier alpha value is -2.55. The molecule has 0 radical (unpaired) electrons. The number of rotatable bonds is 9. The van der Waals surface area contributed by atoms with Crippen LogP contribution >= 0.6 is 15.9 Å². The van der Waals surface area contributed by atoms with Gasteiger partial charge in [-0.05, 0) is 71.2 Å². The molecule has 224 valence electrons. The minimum atomic E-state index is -4.95. The summed E-state index contributed by atoms with van der Waals surface area (Å²) in [6.07, 6.45) is -1.25. The zero-order valence-electron chi connectivity index (χ0n) is 23.0. The standard InChI is InChI=1S/C27H33BrF4N4O4Si/c1-41(2,3)10-9-40-16-36-25(38)23(27(30,31)32)22(14-33-36)34-18-5-4-7-26(39,13-18)15-35-8-6-17-11-20(28)21(29)12-19(17)24(35)37/h6,8,11-12,14,18,34,39H,4-5,7,9-10,13,15-16H2,1-3H3/t18-,26-/m0/s1. The number of fused-ring (bicyclic) bond motifs is 1. The first-order valence-corrected chi connectivity index (χ1v) is 17.8. The Kier molecular flexibility index (Phi) is 9.17. The molecule has 4 rings (SSSR count). The Morgan fingerprint density at radius 1 is 1.24 bits per heavy atom. The molecule has 0 saturated heterocycles. The van der Waals surface area contributed by atoms with Crippen LogP contribution in [0.5, 0.6) is 0 Å². The van der Waals surface area contributed by atoms with Gasteiger partial charge in [0.2, 0.25) is 0 Å². The molecule has 2 heterocycles. The SMILES string of the molecule is C[Si](C)(C)CCOCn1ncc(N[C@H]2CCC[C@@](O)(Cn3ccc4cc(Br)c(F)cc4c3=O)C2)c(C(F)(F)F)c1=O. The van der Waals surface area contributed by atoms with Crippen molar-refractivity contribution in [2.45, 2.75) is 82.5 Å². The summed E-state index contributed by atoms with van der Waals surface area (Å²) >= 11 is 3.10. The van der Waals surface area contributed by atoms with Crippen LogP contribution in [-0.4, -0.2) is 45.8 Å². The van der Waals surface area contributed by atoms with E-state index in [1.807, 2.05) is 0 Å². The van der Waals surface area contributed by atoms with Gasteiger partial charge < -0.3 is 19.7 Å². The molecule has 14 heteroatoms. The van der Waals surface area contributed by atoms with Crippen LogP contribution in [0.4, 0.5) is 23.2 Å². The number of aromatic nitrogens is 3. The number of hydrogen-bond acceptors (Lipinski definition) is 6. The lowest BCUT2D eigenvalue weighted by molar-refractivity contribution is -0.138. The monoisotopic (exact) mass is 660 g/mol. The fraction of sp³-hybridized carbons (Fsp3) is 0.519. The van der Waals surface area contributed by atoms with Crippen LogP contribution in [0.25, 0.3) is 10.8 Å². The highest BCUT2D eigenvalue weighted by Crippen LogP contribution is 2.35. The Bertz CT molecular complexity index is 1540. The van der Waals surface area contributed by atoms with Gasteiger partial charge in [0.25, 0.3) is 11.1 Å². The second-order valence-electron chi connectivity index (χ2n) is 11.8. The molecule has 41 heavy (non-hydrogen) atoms. The third-order valence-electron chi connectivity index (χ3n) is 7.20. The van der Waals surface area contributed by atoms with E-state index < -0.39 is 60.8 Å². The maximum absolute atomic E-state index is 14.1. The number of nitrogens with zero attached hydrogens (tertiary/aromatic N) is 3. The molecule has 2 atom stereocenters. The third kappa shape index (κ3) is 7.65. The van der Waals surface area contributed by atoms with Crippen molar-refractivity contribution in [3.63, 3.8) is 0 Å². The first-order chi connectivity index (χ1) is 19.1. The van der Waals surface area contributed by atoms with Gasteiger partial charge in [-0.3, -0.25) is 9.59 Å². The molecule has 0 aliphatic heterocycles. The van der Waals surface area contributed by atoms with Gasteiger partial charge in [0.15, 0.2) is 0 Å². The minimum absolute atomic E-state index is 0.0202. The highest BCUT2D eigenvalue weighted by Gasteiger charge is 2.40. The van der Waals surface area contributed by atoms with E-state index in [2.05, 4.69) is 46.0 Å². The molecular formula is C27H33BrF4N4O4Si. The molecule has 1 fully saturated rings. The Labute approximate surface area is 243 Å². The van der Waals surface area contributed by atoms with E-state index in [-0.39, 0.29) is 22.8 Å². The number of aliphatic hydroxyl groups is 1. The summed E-state index contributed by atoms with van der Waals surface area (Å²) in [6.45, 7) is 6.20. The largest absolute Gasteiger partial charge is 0.423 e. The predicted molar refractivity (Wildman–Crippen MR) is 154 cm³/mol. The lowest BCUT2D eigenvalue weighted by atomic mass is 9.81. The van der Waals surface area contributed by atoms with Crippen LogP contribution in [0.3, 0.4) is 0 Å². The van der Waals surface area contributed by atoms with Gasteiger partial charge in [-0.1, -0.05) is 19.6 Å². The van der Waals surface area contributed by atoms with Crippen molar-refractivity contribution in [3.05, 3.63) is 67.2 Å². The Morgan fingerprint density at radius 3 is 2.66 bits per heavy atom. The normalized spacial score (nSPS) is 20.0. The van der Waals surface area contributed by atoms with Crippen molar-refractivity contribution in [1.82, 2.24) is 14.3 Å². The van der Waals surface area contributed by atoms with E-state index in [1.54, 1.807) is 6.07 Å². The molecule has 0 unspecified atom stereocenters. The number of ether oxygens (including phenoxy) is 1. The molecular weight excluding hydrogens is 628 g/mol. The molecule has 0 spiro atoms. The van der Waals surface area contributed by atoms with Gasteiger partial charge in [-0.2, -0.15) is 18.3 Å². The van der Waals surface area contributed by atoms with Crippen LogP contribution in [0.15, 0.2) is 44.7 Å². The van der Waals surface area contributed by atoms with Crippen LogP contribution < -0.4 is 16.4 Å². The number of benzene rings is 1. The van der Waals surface area contributed by atoms with Gasteiger partial charge >= 0.3 is 6.18 Å². The number of hydrogen-bond donors (Lipinski definition) is 2. The lowest BCUT2D eigenvalue weighted by Crippen LogP contribution is -2.45. The van der Waals surface area contributed by atoms with E-state index in [4.69, 9.17) is 4.74 Å². The number of nitrogens with one attached hydrogen (secondary N) is 1. The van der Waals surface area contributed by atoms with Crippen molar-refractivity contribution < 1.29 is 27.4 Å². The van der Waals surface area contributed by atoms with Crippen molar-refractivity contribution >= 4 is 40.5 Å². The molecule has 2 aromatic heterocycles. The lowest BCUT2D eigenvalue weighted by Gasteiger charge is -2.38. The molecule has 8 nitrogen and oxygen atoms in total. The summed E-state index contributed by atoms with van der Waals surface area (Å²) < 4.78 is 63.7. The number of anilines is 1. The minimum Gasteiger partial charge on any atom is -0.388 e. The molecule has 3 aromatic rings. The van der Waals surface area contributed by atoms with Crippen LogP contribution in [-0.2, 0) is 24.2 Å². The van der Waals surface area contributed by atoms with E-state index in [0.717, 1.165) is 18.3 Å². The second kappa shape index (κ2) is 12.0. The quantitative estimate of drug-likeness (QED) is 0.177. The average molecular weight is 662 g/mol. The first kappa shape index (κ1) is 31.4.